The predicted molar refractivity (Wildman–Crippen MR) is 32.9 cm³/mol. The highest BCUT2D eigenvalue weighted by Gasteiger charge is 2.25. The largest absolute Gasteiger partial charge is 0.508 e. The number of carbonyl (C=O) groups is 2. The maximum absolute atomic E-state index is 10.3. The minimum atomic E-state index is -0.706. The molecular formula is C6H8O5. The molecule has 0 N–H and O–H groups in total. The lowest BCUT2D eigenvalue weighted by Gasteiger charge is -2.04. The molecule has 1 heterocycles. The third-order valence-corrected chi connectivity index (χ3v) is 1.12. The van der Waals surface area contributed by atoms with E-state index in [1.807, 2.05) is 0 Å². The molecule has 0 saturated carbocycles. The van der Waals surface area contributed by atoms with Crippen LogP contribution >= 0.6 is 0 Å². The number of cyclic esters (lactones) is 2. The second kappa shape index (κ2) is 3.23. The molecule has 0 aliphatic carbocycles. The Hall–Kier alpha value is -1.26. The molecule has 0 radical (unpaired) electrons. The maximum atomic E-state index is 10.3. The summed E-state index contributed by atoms with van der Waals surface area (Å²) in [5, 5.41) is 0. The number of hydrogen-bond acceptors (Lipinski definition) is 5. The zero-order valence-corrected chi connectivity index (χ0v) is 6.03. The van der Waals surface area contributed by atoms with E-state index in [4.69, 9.17) is 0 Å². The van der Waals surface area contributed by atoms with E-state index in [2.05, 4.69) is 14.2 Å². The monoisotopic (exact) mass is 160 g/mol. The normalized spacial score (nSPS) is 22.3. The second-order valence-corrected chi connectivity index (χ2v) is 2.10. The van der Waals surface area contributed by atoms with Crippen LogP contribution in [0.5, 0.6) is 0 Å². The molecule has 1 rings (SSSR count). The summed E-state index contributed by atoms with van der Waals surface area (Å²) in [6.07, 6.45) is -1.14. The van der Waals surface area contributed by atoms with E-state index in [1.54, 1.807) is 0 Å². The van der Waals surface area contributed by atoms with Gasteiger partial charge in [0.05, 0.1) is 0 Å². The SMILES string of the molecule is CC(=O)OC[C@@H]1COC(=O)O1. The van der Waals surface area contributed by atoms with Crippen molar-refractivity contribution in [3.05, 3.63) is 0 Å². The van der Waals surface area contributed by atoms with Gasteiger partial charge in [-0.1, -0.05) is 0 Å². The minimum absolute atomic E-state index is 0.0705. The smallest absolute Gasteiger partial charge is 0.462 e. The van der Waals surface area contributed by atoms with Crippen molar-refractivity contribution in [1.82, 2.24) is 0 Å². The van der Waals surface area contributed by atoms with E-state index < -0.39 is 18.2 Å². The molecule has 62 valence electrons. The van der Waals surface area contributed by atoms with Gasteiger partial charge in [0.2, 0.25) is 0 Å². The molecule has 1 fully saturated rings. The van der Waals surface area contributed by atoms with Crippen LogP contribution in [-0.2, 0) is 19.0 Å². The van der Waals surface area contributed by atoms with Crippen LogP contribution in [0.4, 0.5) is 4.79 Å². The summed E-state index contributed by atoms with van der Waals surface area (Å²) in [5.41, 5.74) is 0. The molecule has 5 nitrogen and oxygen atoms in total. The molecular weight excluding hydrogens is 152 g/mol. The highest BCUT2D eigenvalue weighted by Crippen LogP contribution is 2.05. The Labute approximate surface area is 63.2 Å². The molecule has 0 spiro atoms. The van der Waals surface area contributed by atoms with Crippen molar-refractivity contribution >= 4 is 12.1 Å². The van der Waals surface area contributed by atoms with Crippen molar-refractivity contribution in [3.63, 3.8) is 0 Å². The fourth-order valence-corrected chi connectivity index (χ4v) is 0.658. The van der Waals surface area contributed by atoms with Gasteiger partial charge in [-0.05, 0) is 0 Å². The highest BCUT2D eigenvalue weighted by molar-refractivity contribution is 5.66. The third-order valence-electron chi connectivity index (χ3n) is 1.12. The van der Waals surface area contributed by atoms with Gasteiger partial charge >= 0.3 is 12.1 Å². The third kappa shape index (κ3) is 2.45. The molecule has 1 saturated heterocycles. The molecule has 0 aromatic rings. The van der Waals surface area contributed by atoms with Crippen LogP contribution in [0.15, 0.2) is 0 Å². The lowest BCUT2D eigenvalue weighted by Crippen LogP contribution is -2.19. The number of hydrogen-bond donors (Lipinski definition) is 0. The first-order valence-electron chi connectivity index (χ1n) is 3.15. The number of rotatable bonds is 2. The van der Waals surface area contributed by atoms with Gasteiger partial charge < -0.3 is 14.2 Å². The Bertz CT molecular complexity index is 176. The zero-order valence-electron chi connectivity index (χ0n) is 6.03. The molecule has 0 amide bonds. The van der Waals surface area contributed by atoms with Crippen molar-refractivity contribution in [1.29, 1.82) is 0 Å². The van der Waals surface area contributed by atoms with E-state index in [0.717, 1.165) is 0 Å². The number of ether oxygens (including phenoxy) is 3. The first-order chi connectivity index (χ1) is 5.18. The molecule has 0 bridgehead atoms. The van der Waals surface area contributed by atoms with Crippen molar-refractivity contribution in [3.8, 4) is 0 Å². The summed E-state index contributed by atoms with van der Waals surface area (Å²) >= 11 is 0. The highest BCUT2D eigenvalue weighted by atomic mass is 16.8. The second-order valence-electron chi connectivity index (χ2n) is 2.10. The Balaban J connectivity index is 2.18. The molecule has 1 aliphatic heterocycles. The molecule has 0 aromatic heterocycles. The van der Waals surface area contributed by atoms with Crippen molar-refractivity contribution in [2.45, 2.75) is 13.0 Å². The number of esters is 1. The van der Waals surface area contributed by atoms with Crippen molar-refractivity contribution < 1.29 is 23.8 Å². The van der Waals surface area contributed by atoms with Gasteiger partial charge in [0, 0.05) is 6.92 Å². The molecule has 1 atom stereocenters. The van der Waals surface area contributed by atoms with E-state index in [0.29, 0.717) is 0 Å². The Morgan fingerprint density at radius 1 is 1.82 bits per heavy atom. The Morgan fingerprint density at radius 3 is 3.00 bits per heavy atom. The minimum Gasteiger partial charge on any atom is -0.462 e. The van der Waals surface area contributed by atoms with Gasteiger partial charge in [0.25, 0.3) is 0 Å². The quantitative estimate of drug-likeness (QED) is 0.535. The van der Waals surface area contributed by atoms with Crippen LogP contribution in [0, 0.1) is 0 Å². The molecule has 0 aromatic carbocycles. The predicted octanol–water partition coefficient (Wildman–Crippen LogP) is 0.0849. The molecule has 0 unspecified atom stereocenters. The van der Waals surface area contributed by atoms with E-state index >= 15 is 0 Å². The number of carbonyl (C=O) groups excluding carboxylic acids is 2. The molecule has 1 aliphatic rings. The fourth-order valence-electron chi connectivity index (χ4n) is 0.658. The summed E-state index contributed by atoms with van der Waals surface area (Å²) in [6.45, 7) is 1.52. The van der Waals surface area contributed by atoms with Crippen LogP contribution in [0.1, 0.15) is 6.92 Å². The first kappa shape index (κ1) is 7.84. The van der Waals surface area contributed by atoms with Gasteiger partial charge in [-0.25, -0.2) is 4.79 Å². The molecule has 11 heavy (non-hydrogen) atoms. The Kier molecular flexibility index (Phi) is 2.30. The van der Waals surface area contributed by atoms with Crippen molar-refractivity contribution in [2.24, 2.45) is 0 Å². The van der Waals surface area contributed by atoms with E-state index in [9.17, 15) is 9.59 Å². The van der Waals surface area contributed by atoms with Gasteiger partial charge in [0.1, 0.15) is 13.2 Å². The maximum Gasteiger partial charge on any atom is 0.508 e. The van der Waals surface area contributed by atoms with Gasteiger partial charge in [-0.2, -0.15) is 0 Å². The van der Waals surface area contributed by atoms with E-state index in [-0.39, 0.29) is 13.2 Å². The summed E-state index contributed by atoms with van der Waals surface area (Å²) < 4.78 is 13.6. The van der Waals surface area contributed by atoms with Crippen LogP contribution in [0.3, 0.4) is 0 Å². The van der Waals surface area contributed by atoms with Crippen molar-refractivity contribution in [2.75, 3.05) is 13.2 Å². The summed E-state index contributed by atoms with van der Waals surface area (Å²) in [6, 6.07) is 0. The van der Waals surface area contributed by atoms with Crippen LogP contribution in [0.25, 0.3) is 0 Å². The average molecular weight is 160 g/mol. The standard InChI is InChI=1S/C6H8O5/c1-4(7)9-2-5-3-10-6(8)11-5/h5H,2-3H2,1H3/t5-/m1/s1. The van der Waals surface area contributed by atoms with E-state index in [1.165, 1.54) is 6.92 Å². The van der Waals surface area contributed by atoms with Gasteiger partial charge in [-0.3, -0.25) is 4.79 Å². The van der Waals surface area contributed by atoms with Crippen LogP contribution < -0.4 is 0 Å². The summed E-state index contributed by atoms with van der Waals surface area (Å²) in [4.78, 5) is 20.6. The Morgan fingerprint density at radius 2 is 2.55 bits per heavy atom. The van der Waals surface area contributed by atoms with Crippen LogP contribution in [-0.4, -0.2) is 31.4 Å². The van der Waals surface area contributed by atoms with Gasteiger partial charge in [0.15, 0.2) is 6.10 Å². The zero-order chi connectivity index (χ0) is 8.27. The van der Waals surface area contributed by atoms with Crippen LogP contribution in [0.2, 0.25) is 0 Å². The summed E-state index contributed by atoms with van der Waals surface area (Å²) in [5.74, 6) is -0.395. The molecule has 5 heteroatoms. The fraction of sp³-hybridized carbons (Fsp3) is 0.667. The summed E-state index contributed by atoms with van der Waals surface area (Å²) in [7, 11) is 0. The topological polar surface area (TPSA) is 61.8 Å². The first-order valence-corrected chi connectivity index (χ1v) is 3.15. The average Bonchev–Trinajstić information content (AvgIpc) is 2.31. The van der Waals surface area contributed by atoms with Gasteiger partial charge in [-0.15, -0.1) is 0 Å². The lowest BCUT2D eigenvalue weighted by molar-refractivity contribution is -0.143. The lowest BCUT2D eigenvalue weighted by atomic mass is 10.4.